The van der Waals surface area contributed by atoms with Crippen molar-refractivity contribution < 1.29 is 4.79 Å². The highest BCUT2D eigenvalue weighted by Crippen LogP contribution is 2.35. The number of nitrogens with one attached hydrogen (secondary N) is 1. The van der Waals surface area contributed by atoms with Crippen molar-refractivity contribution in [3.8, 4) is 0 Å². The van der Waals surface area contributed by atoms with Crippen molar-refractivity contribution in [3.63, 3.8) is 0 Å². The molecule has 0 aliphatic heterocycles. The van der Waals surface area contributed by atoms with Crippen LogP contribution in [0.5, 0.6) is 0 Å². The average molecular weight is 267 g/mol. The predicted octanol–water partition coefficient (Wildman–Crippen LogP) is 4.31. The molecule has 0 bridgehead atoms. The third kappa shape index (κ3) is 2.09. The van der Waals surface area contributed by atoms with Crippen molar-refractivity contribution in [1.82, 2.24) is 0 Å². The van der Waals surface area contributed by atoms with Gasteiger partial charge in [0.15, 0.2) is 0 Å². The second kappa shape index (κ2) is 5.28. The van der Waals surface area contributed by atoms with Gasteiger partial charge in [0.05, 0.1) is 0 Å². The van der Waals surface area contributed by atoms with Gasteiger partial charge in [0.2, 0.25) is 5.91 Å². The molecule has 2 aromatic carbocycles. The number of benzene rings is 2. The summed E-state index contributed by atoms with van der Waals surface area (Å²) in [6, 6.07) is 10.6. The highest BCUT2D eigenvalue weighted by molar-refractivity contribution is 6.05. The fourth-order valence-electron chi connectivity index (χ4n) is 3.25. The highest BCUT2D eigenvalue weighted by atomic mass is 16.1. The van der Waals surface area contributed by atoms with Gasteiger partial charge in [0.25, 0.3) is 0 Å². The molecular weight excluding hydrogens is 246 g/mol. The topological polar surface area (TPSA) is 29.1 Å². The lowest BCUT2D eigenvalue weighted by Crippen LogP contribution is -2.21. The summed E-state index contributed by atoms with van der Waals surface area (Å²) < 4.78 is 0. The molecule has 20 heavy (non-hydrogen) atoms. The fraction of sp³-hybridized carbons (Fsp3) is 0.389. The summed E-state index contributed by atoms with van der Waals surface area (Å²) in [6.45, 7) is 4.14. The Labute approximate surface area is 120 Å². The van der Waals surface area contributed by atoms with Crippen LogP contribution in [-0.4, -0.2) is 5.91 Å². The zero-order valence-electron chi connectivity index (χ0n) is 12.2. The summed E-state index contributed by atoms with van der Waals surface area (Å²) in [7, 11) is 0. The van der Waals surface area contributed by atoms with Crippen LogP contribution in [0.2, 0.25) is 0 Å². The molecule has 0 radical (unpaired) electrons. The van der Waals surface area contributed by atoms with Crippen molar-refractivity contribution >= 4 is 22.4 Å². The Morgan fingerprint density at radius 3 is 2.50 bits per heavy atom. The second-order valence-corrected chi connectivity index (χ2v) is 5.61. The molecule has 0 atom stereocenters. The van der Waals surface area contributed by atoms with Crippen molar-refractivity contribution in [2.45, 2.75) is 39.5 Å². The zero-order valence-corrected chi connectivity index (χ0v) is 12.2. The Morgan fingerprint density at radius 2 is 1.80 bits per heavy atom. The minimum Gasteiger partial charge on any atom is -0.325 e. The van der Waals surface area contributed by atoms with E-state index < -0.39 is 0 Å². The standard InChI is InChI=1S/C18H21NO/c1-3-12(4-2)18(20)19-16-11-10-14-9-8-13-6-5-7-15(16)17(13)14/h5-7,10-12H,3-4,8-9H2,1-2H3,(H,19,20). The minimum absolute atomic E-state index is 0.109. The first kappa shape index (κ1) is 13.2. The normalized spacial score (nSPS) is 13.2. The summed E-state index contributed by atoms with van der Waals surface area (Å²) in [6.07, 6.45) is 4.03. The van der Waals surface area contributed by atoms with E-state index in [0.717, 1.165) is 31.4 Å². The second-order valence-electron chi connectivity index (χ2n) is 5.61. The number of amides is 1. The van der Waals surface area contributed by atoms with Gasteiger partial charge < -0.3 is 5.32 Å². The lowest BCUT2D eigenvalue weighted by atomic mass is 10.0. The number of hydrogen-bond donors (Lipinski definition) is 1. The van der Waals surface area contributed by atoms with Crippen LogP contribution in [-0.2, 0) is 17.6 Å². The number of anilines is 1. The first-order valence-corrected chi connectivity index (χ1v) is 7.59. The molecule has 0 saturated carbocycles. The minimum atomic E-state index is 0.109. The first-order chi connectivity index (χ1) is 9.74. The fourth-order valence-corrected chi connectivity index (χ4v) is 3.25. The summed E-state index contributed by atoms with van der Waals surface area (Å²) in [5, 5.41) is 5.68. The molecule has 1 amide bonds. The van der Waals surface area contributed by atoms with Crippen molar-refractivity contribution in [1.29, 1.82) is 0 Å². The summed E-state index contributed by atoms with van der Waals surface area (Å²) in [4.78, 5) is 12.3. The Balaban J connectivity index is 1.99. The molecule has 1 N–H and O–H groups in total. The maximum atomic E-state index is 12.3. The largest absolute Gasteiger partial charge is 0.325 e. The van der Waals surface area contributed by atoms with Gasteiger partial charge >= 0.3 is 0 Å². The number of hydrogen-bond acceptors (Lipinski definition) is 1. The smallest absolute Gasteiger partial charge is 0.227 e. The molecule has 0 fully saturated rings. The first-order valence-electron chi connectivity index (χ1n) is 7.59. The zero-order chi connectivity index (χ0) is 14.1. The molecule has 2 heteroatoms. The maximum Gasteiger partial charge on any atom is 0.227 e. The van der Waals surface area contributed by atoms with Crippen LogP contribution in [0.25, 0.3) is 10.8 Å². The third-order valence-electron chi connectivity index (χ3n) is 4.49. The van der Waals surface area contributed by atoms with Crippen molar-refractivity contribution in [2.75, 3.05) is 5.32 Å². The van der Waals surface area contributed by atoms with E-state index in [1.165, 1.54) is 21.9 Å². The van der Waals surface area contributed by atoms with Crippen molar-refractivity contribution in [3.05, 3.63) is 41.5 Å². The van der Waals surface area contributed by atoms with E-state index >= 15 is 0 Å². The highest BCUT2D eigenvalue weighted by Gasteiger charge is 2.18. The molecule has 2 nitrogen and oxygen atoms in total. The number of carbonyl (C=O) groups excluding carboxylic acids is 1. The molecule has 0 aromatic heterocycles. The van der Waals surface area contributed by atoms with Gasteiger partial charge in [-0.3, -0.25) is 4.79 Å². The van der Waals surface area contributed by atoms with Crippen LogP contribution in [0.4, 0.5) is 5.69 Å². The summed E-state index contributed by atoms with van der Waals surface area (Å²) in [5.74, 6) is 0.256. The molecule has 104 valence electrons. The van der Waals surface area contributed by atoms with E-state index in [4.69, 9.17) is 0 Å². The Morgan fingerprint density at radius 1 is 1.10 bits per heavy atom. The van der Waals surface area contributed by atoms with Gasteiger partial charge in [0, 0.05) is 17.0 Å². The van der Waals surface area contributed by atoms with Gasteiger partial charge in [-0.25, -0.2) is 0 Å². The van der Waals surface area contributed by atoms with Gasteiger partial charge in [0.1, 0.15) is 0 Å². The van der Waals surface area contributed by atoms with Crippen LogP contribution >= 0.6 is 0 Å². The molecule has 1 aliphatic carbocycles. The Kier molecular flexibility index (Phi) is 3.47. The van der Waals surface area contributed by atoms with E-state index in [0.29, 0.717) is 0 Å². The molecule has 3 rings (SSSR count). The Bertz CT molecular complexity index is 646. The number of carbonyl (C=O) groups is 1. The van der Waals surface area contributed by atoms with Crippen LogP contribution in [0.1, 0.15) is 37.8 Å². The summed E-state index contributed by atoms with van der Waals surface area (Å²) in [5.41, 5.74) is 3.79. The van der Waals surface area contributed by atoms with E-state index in [2.05, 4.69) is 49.5 Å². The van der Waals surface area contributed by atoms with Crippen LogP contribution in [0.15, 0.2) is 30.3 Å². The molecule has 2 aromatic rings. The monoisotopic (exact) mass is 267 g/mol. The number of aryl methyl sites for hydroxylation is 2. The lowest BCUT2D eigenvalue weighted by molar-refractivity contribution is -0.120. The van der Waals surface area contributed by atoms with E-state index in [9.17, 15) is 4.79 Å². The van der Waals surface area contributed by atoms with E-state index in [-0.39, 0.29) is 11.8 Å². The van der Waals surface area contributed by atoms with Crippen LogP contribution in [0.3, 0.4) is 0 Å². The SMILES string of the molecule is CCC(CC)C(=O)Nc1ccc2c3c(cccc13)CC2. The third-order valence-corrected chi connectivity index (χ3v) is 4.49. The van der Waals surface area contributed by atoms with Crippen molar-refractivity contribution in [2.24, 2.45) is 5.92 Å². The average Bonchev–Trinajstić information content (AvgIpc) is 2.88. The number of rotatable bonds is 4. The van der Waals surface area contributed by atoms with Crippen LogP contribution < -0.4 is 5.32 Å². The molecule has 1 aliphatic rings. The van der Waals surface area contributed by atoms with Gasteiger partial charge in [-0.05, 0) is 48.3 Å². The molecule has 0 saturated heterocycles. The van der Waals surface area contributed by atoms with E-state index in [1.807, 2.05) is 0 Å². The predicted molar refractivity (Wildman–Crippen MR) is 84.1 cm³/mol. The van der Waals surface area contributed by atoms with Gasteiger partial charge in [-0.2, -0.15) is 0 Å². The van der Waals surface area contributed by atoms with Crippen LogP contribution in [0, 0.1) is 5.92 Å². The molecule has 0 heterocycles. The van der Waals surface area contributed by atoms with E-state index in [1.54, 1.807) is 0 Å². The molecular formula is C18H21NO. The lowest BCUT2D eigenvalue weighted by Gasteiger charge is -2.15. The van der Waals surface area contributed by atoms with Gasteiger partial charge in [-0.1, -0.05) is 38.1 Å². The quantitative estimate of drug-likeness (QED) is 0.878. The molecule has 0 spiro atoms. The Hall–Kier alpha value is -1.83. The maximum absolute atomic E-state index is 12.3. The summed E-state index contributed by atoms with van der Waals surface area (Å²) >= 11 is 0. The molecule has 0 unspecified atom stereocenters. The van der Waals surface area contributed by atoms with Gasteiger partial charge in [-0.15, -0.1) is 0 Å².